The average Bonchev–Trinajstić information content (AvgIpc) is 3.36. The Morgan fingerprint density at radius 2 is 2.07 bits per heavy atom. The summed E-state index contributed by atoms with van der Waals surface area (Å²) in [4.78, 5) is 32.3. The minimum absolute atomic E-state index is 0.107. The number of halogens is 1. The lowest BCUT2D eigenvalue weighted by molar-refractivity contribution is 0.0970. The highest BCUT2D eigenvalue weighted by atomic mass is 32.1. The summed E-state index contributed by atoms with van der Waals surface area (Å²) in [6.45, 7) is 2.30. The molecule has 150 valence electrons. The Hall–Kier alpha value is -3.52. The summed E-state index contributed by atoms with van der Waals surface area (Å²) in [6.07, 6.45) is 1.55. The smallest absolute Gasteiger partial charge is 0.297 e. The highest BCUT2D eigenvalue weighted by Gasteiger charge is 2.45. The Labute approximate surface area is 174 Å². The van der Waals surface area contributed by atoms with Crippen LogP contribution in [0.4, 0.5) is 9.52 Å². The number of hydrogen-bond acceptors (Lipinski definition) is 6. The second-order valence-electron chi connectivity index (χ2n) is 6.68. The number of aromatic nitrogens is 1. The first-order chi connectivity index (χ1) is 14.6. The van der Waals surface area contributed by atoms with E-state index in [0.717, 1.165) is 0 Å². The number of fused-ring (bicyclic) bond motifs is 2. The second-order valence-corrected chi connectivity index (χ2v) is 7.55. The summed E-state index contributed by atoms with van der Waals surface area (Å²) in [5, 5.41) is 2.37. The molecule has 5 rings (SSSR count). The van der Waals surface area contributed by atoms with Crippen molar-refractivity contribution in [1.29, 1.82) is 0 Å². The number of thiazole rings is 1. The van der Waals surface area contributed by atoms with E-state index in [0.29, 0.717) is 22.9 Å². The van der Waals surface area contributed by atoms with E-state index in [-0.39, 0.29) is 27.9 Å². The van der Waals surface area contributed by atoms with E-state index in [2.05, 4.69) is 4.98 Å². The lowest BCUT2D eigenvalue weighted by Gasteiger charge is -2.22. The van der Waals surface area contributed by atoms with Crippen molar-refractivity contribution in [3.63, 3.8) is 0 Å². The van der Waals surface area contributed by atoms with Crippen LogP contribution >= 0.6 is 11.3 Å². The molecule has 1 aliphatic rings. The number of carbonyl (C=O) groups excluding carboxylic acids is 1. The van der Waals surface area contributed by atoms with Crippen molar-refractivity contribution >= 4 is 33.3 Å². The molecular weight excluding hydrogens is 407 g/mol. The number of ether oxygens (including phenoxy) is 1. The largest absolute Gasteiger partial charge is 0.494 e. The third-order valence-electron chi connectivity index (χ3n) is 4.98. The highest BCUT2D eigenvalue weighted by molar-refractivity contribution is 7.13. The van der Waals surface area contributed by atoms with Crippen LogP contribution in [0.2, 0.25) is 0 Å². The zero-order valence-corrected chi connectivity index (χ0v) is 16.6. The molecule has 0 saturated heterocycles. The third-order valence-corrected chi connectivity index (χ3v) is 5.75. The van der Waals surface area contributed by atoms with Gasteiger partial charge in [0, 0.05) is 23.2 Å². The van der Waals surface area contributed by atoms with Crippen molar-refractivity contribution in [2.45, 2.75) is 13.0 Å². The number of rotatable bonds is 4. The molecule has 6 nitrogen and oxygen atoms in total. The first-order valence-corrected chi connectivity index (χ1v) is 10.2. The molecule has 1 atom stereocenters. The van der Waals surface area contributed by atoms with Crippen molar-refractivity contribution in [3.05, 3.63) is 87.0 Å². The van der Waals surface area contributed by atoms with Crippen LogP contribution in [0.3, 0.4) is 0 Å². The van der Waals surface area contributed by atoms with Crippen LogP contribution < -0.4 is 15.1 Å². The van der Waals surface area contributed by atoms with Crippen molar-refractivity contribution in [3.8, 4) is 5.75 Å². The van der Waals surface area contributed by atoms with Gasteiger partial charge in [0.2, 0.25) is 5.76 Å². The lowest BCUT2D eigenvalue weighted by atomic mass is 9.98. The van der Waals surface area contributed by atoms with E-state index >= 15 is 0 Å². The molecule has 0 fully saturated rings. The summed E-state index contributed by atoms with van der Waals surface area (Å²) >= 11 is 1.23. The van der Waals surface area contributed by atoms with Crippen molar-refractivity contribution in [2.24, 2.45) is 0 Å². The standard InChI is InChI=1S/C22H15FN2O4S/c1-2-28-12-7-8-14-16(11-12)29-20-17(19(14)26)18(13-5-3-4-6-15(13)23)25(21(20)27)22-24-9-10-30-22/h3-11,18H,2H2,1H3. The van der Waals surface area contributed by atoms with Gasteiger partial charge in [-0.3, -0.25) is 14.5 Å². The van der Waals surface area contributed by atoms with Gasteiger partial charge in [0.05, 0.1) is 17.6 Å². The fraction of sp³-hybridized carbons (Fsp3) is 0.136. The fourth-order valence-corrected chi connectivity index (χ4v) is 4.40. The maximum Gasteiger partial charge on any atom is 0.297 e. The van der Waals surface area contributed by atoms with Crippen LogP contribution in [-0.2, 0) is 0 Å². The van der Waals surface area contributed by atoms with Crippen LogP contribution in [0.1, 0.15) is 34.6 Å². The van der Waals surface area contributed by atoms with Gasteiger partial charge < -0.3 is 9.15 Å². The fourth-order valence-electron chi connectivity index (χ4n) is 3.73. The minimum Gasteiger partial charge on any atom is -0.494 e. The number of hydrogen-bond donors (Lipinski definition) is 0. The van der Waals surface area contributed by atoms with Crippen LogP contribution in [0.25, 0.3) is 11.0 Å². The third kappa shape index (κ3) is 2.72. The summed E-state index contributed by atoms with van der Waals surface area (Å²) in [5.74, 6) is -0.629. The number of amides is 1. The molecule has 1 unspecified atom stereocenters. The molecule has 1 aliphatic heterocycles. The first kappa shape index (κ1) is 18.5. The van der Waals surface area contributed by atoms with E-state index < -0.39 is 17.8 Å². The maximum atomic E-state index is 14.8. The molecule has 0 spiro atoms. The molecule has 0 N–H and O–H groups in total. The molecule has 30 heavy (non-hydrogen) atoms. The molecule has 0 aliphatic carbocycles. The molecule has 4 aromatic rings. The zero-order chi connectivity index (χ0) is 20.8. The van der Waals surface area contributed by atoms with E-state index in [1.54, 1.807) is 48.0 Å². The first-order valence-electron chi connectivity index (χ1n) is 9.31. The van der Waals surface area contributed by atoms with E-state index in [1.165, 1.54) is 22.3 Å². The van der Waals surface area contributed by atoms with Gasteiger partial charge in [0.1, 0.15) is 23.2 Å². The molecule has 1 amide bonds. The van der Waals surface area contributed by atoms with Gasteiger partial charge in [-0.15, -0.1) is 11.3 Å². The van der Waals surface area contributed by atoms with Gasteiger partial charge in [-0.2, -0.15) is 0 Å². The maximum absolute atomic E-state index is 14.8. The van der Waals surface area contributed by atoms with Gasteiger partial charge in [-0.25, -0.2) is 9.37 Å². The quantitative estimate of drug-likeness (QED) is 0.483. The van der Waals surface area contributed by atoms with E-state index in [4.69, 9.17) is 9.15 Å². The summed E-state index contributed by atoms with van der Waals surface area (Å²) in [6, 6.07) is 9.97. The molecule has 2 aromatic heterocycles. The number of carbonyl (C=O) groups is 1. The summed E-state index contributed by atoms with van der Waals surface area (Å²) in [7, 11) is 0. The Morgan fingerprint density at radius 1 is 1.23 bits per heavy atom. The zero-order valence-electron chi connectivity index (χ0n) is 15.8. The number of anilines is 1. The Morgan fingerprint density at radius 3 is 2.80 bits per heavy atom. The molecule has 0 saturated carbocycles. The molecule has 2 aromatic carbocycles. The van der Waals surface area contributed by atoms with E-state index in [9.17, 15) is 14.0 Å². The Kier molecular flexibility index (Phi) is 4.36. The summed E-state index contributed by atoms with van der Waals surface area (Å²) in [5.41, 5.74) is 0.177. The van der Waals surface area contributed by atoms with Gasteiger partial charge in [0.15, 0.2) is 10.6 Å². The number of benzene rings is 2. The van der Waals surface area contributed by atoms with Crippen LogP contribution in [-0.4, -0.2) is 17.5 Å². The molecule has 0 bridgehead atoms. The average molecular weight is 422 g/mol. The molecule has 8 heteroatoms. The van der Waals surface area contributed by atoms with Crippen molar-refractivity contribution in [1.82, 2.24) is 4.98 Å². The van der Waals surface area contributed by atoms with Gasteiger partial charge in [-0.1, -0.05) is 18.2 Å². The lowest BCUT2D eigenvalue weighted by Crippen LogP contribution is -2.29. The normalized spacial score (nSPS) is 15.6. The van der Waals surface area contributed by atoms with Crippen molar-refractivity contribution < 1.29 is 18.3 Å². The second kappa shape index (κ2) is 7.07. The van der Waals surface area contributed by atoms with Crippen LogP contribution in [0, 0.1) is 5.82 Å². The SMILES string of the molecule is CCOc1ccc2c(=O)c3c(oc2c1)C(=O)N(c1nccs1)C3c1ccccc1F. The monoisotopic (exact) mass is 422 g/mol. The Balaban J connectivity index is 1.80. The predicted molar refractivity (Wildman–Crippen MR) is 111 cm³/mol. The van der Waals surface area contributed by atoms with Crippen molar-refractivity contribution in [2.75, 3.05) is 11.5 Å². The van der Waals surface area contributed by atoms with E-state index in [1.807, 2.05) is 6.92 Å². The van der Waals surface area contributed by atoms with Crippen LogP contribution in [0.5, 0.6) is 5.75 Å². The van der Waals surface area contributed by atoms with Crippen LogP contribution in [0.15, 0.2) is 63.3 Å². The predicted octanol–water partition coefficient (Wildman–Crippen LogP) is 4.54. The highest BCUT2D eigenvalue weighted by Crippen LogP contribution is 2.42. The van der Waals surface area contributed by atoms with Gasteiger partial charge >= 0.3 is 0 Å². The number of nitrogens with zero attached hydrogens (tertiary/aromatic N) is 2. The topological polar surface area (TPSA) is 72.6 Å². The van der Waals surface area contributed by atoms with Gasteiger partial charge in [0.25, 0.3) is 5.91 Å². The molecule has 3 heterocycles. The molecule has 0 radical (unpaired) electrons. The molecular formula is C22H15FN2O4S. The summed E-state index contributed by atoms with van der Waals surface area (Å²) < 4.78 is 26.1. The Bertz CT molecular complexity index is 1330. The van der Waals surface area contributed by atoms with Gasteiger partial charge in [-0.05, 0) is 25.1 Å². The minimum atomic E-state index is -0.966.